The van der Waals surface area contributed by atoms with Crippen LogP contribution in [-0.2, 0) is 12.8 Å². The van der Waals surface area contributed by atoms with Crippen LogP contribution in [0, 0.1) is 6.92 Å². The van der Waals surface area contributed by atoms with Crippen LogP contribution in [-0.4, -0.2) is 0 Å². The molecule has 2 aromatic rings. The molecule has 1 aromatic carbocycles. The van der Waals surface area contributed by atoms with Crippen molar-refractivity contribution in [2.45, 2.75) is 19.8 Å². The van der Waals surface area contributed by atoms with Crippen molar-refractivity contribution in [2.75, 3.05) is 5.32 Å². The Labute approximate surface area is 93.8 Å². The summed E-state index contributed by atoms with van der Waals surface area (Å²) in [6.45, 7) is 2.17. The summed E-state index contributed by atoms with van der Waals surface area (Å²) < 4.78 is 0. The predicted molar refractivity (Wildman–Crippen MR) is 66.2 cm³/mol. The van der Waals surface area contributed by atoms with E-state index in [0.717, 1.165) is 12.8 Å². The van der Waals surface area contributed by atoms with E-state index in [1.165, 1.54) is 26.7 Å². The highest BCUT2D eigenvalue weighted by Crippen LogP contribution is 2.34. The van der Waals surface area contributed by atoms with E-state index in [1.54, 1.807) is 0 Å². The van der Waals surface area contributed by atoms with Gasteiger partial charge in [-0.05, 0) is 37.5 Å². The van der Waals surface area contributed by atoms with Crippen molar-refractivity contribution in [2.24, 2.45) is 0 Å². The normalized spacial score (nSPS) is 13.7. The average molecular weight is 215 g/mol. The van der Waals surface area contributed by atoms with E-state index in [-0.39, 0.29) is 0 Å². The van der Waals surface area contributed by atoms with Gasteiger partial charge in [0.15, 0.2) is 0 Å². The topological polar surface area (TPSA) is 12.0 Å². The van der Waals surface area contributed by atoms with Crippen LogP contribution in [0.25, 0.3) is 0 Å². The minimum Gasteiger partial charge on any atom is -0.354 e. The molecule has 1 N–H and O–H groups in total. The SMILES string of the molecule is Cc1cc2c(s1)CCc1ccccc1N2. The number of rotatable bonds is 0. The summed E-state index contributed by atoms with van der Waals surface area (Å²) in [7, 11) is 0. The van der Waals surface area contributed by atoms with Crippen LogP contribution in [0.4, 0.5) is 11.4 Å². The van der Waals surface area contributed by atoms with Gasteiger partial charge in [-0.2, -0.15) is 0 Å². The van der Waals surface area contributed by atoms with Gasteiger partial charge in [-0.15, -0.1) is 11.3 Å². The van der Waals surface area contributed by atoms with Gasteiger partial charge in [0.25, 0.3) is 0 Å². The zero-order chi connectivity index (χ0) is 10.3. The van der Waals surface area contributed by atoms with Gasteiger partial charge in [0, 0.05) is 15.4 Å². The van der Waals surface area contributed by atoms with Gasteiger partial charge in [0.2, 0.25) is 0 Å². The first-order chi connectivity index (χ1) is 7.33. The molecule has 1 aromatic heterocycles. The zero-order valence-corrected chi connectivity index (χ0v) is 9.53. The molecule has 2 heteroatoms. The van der Waals surface area contributed by atoms with Gasteiger partial charge in [0.05, 0.1) is 5.69 Å². The minimum absolute atomic E-state index is 1.15. The van der Waals surface area contributed by atoms with Gasteiger partial charge in [-0.1, -0.05) is 18.2 Å². The maximum atomic E-state index is 3.53. The summed E-state index contributed by atoms with van der Waals surface area (Å²) in [6, 6.07) is 10.8. The van der Waals surface area contributed by atoms with Crippen LogP contribution >= 0.6 is 11.3 Å². The van der Waals surface area contributed by atoms with Crippen LogP contribution in [0.3, 0.4) is 0 Å². The van der Waals surface area contributed by atoms with E-state index < -0.39 is 0 Å². The van der Waals surface area contributed by atoms with Crippen LogP contribution in [0.2, 0.25) is 0 Å². The summed E-state index contributed by atoms with van der Waals surface area (Å²) in [5.74, 6) is 0. The molecule has 1 aliphatic rings. The fourth-order valence-electron chi connectivity index (χ4n) is 2.11. The quantitative estimate of drug-likeness (QED) is 0.702. The van der Waals surface area contributed by atoms with Gasteiger partial charge >= 0.3 is 0 Å². The molecular weight excluding hydrogens is 202 g/mol. The molecule has 76 valence electrons. The molecule has 2 heterocycles. The number of hydrogen-bond acceptors (Lipinski definition) is 2. The zero-order valence-electron chi connectivity index (χ0n) is 8.71. The first-order valence-corrected chi connectivity index (χ1v) is 6.09. The summed E-state index contributed by atoms with van der Waals surface area (Å²) in [5, 5.41) is 3.53. The van der Waals surface area contributed by atoms with E-state index in [4.69, 9.17) is 0 Å². The lowest BCUT2D eigenvalue weighted by atomic mass is 10.1. The Morgan fingerprint density at radius 1 is 1.13 bits per heavy atom. The van der Waals surface area contributed by atoms with Crippen LogP contribution in [0.5, 0.6) is 0 Å². The highest BCUT2D eigenvalue weighted by atomic mass is 32.1. The number of benzene rings is 1. The standard InChI is InChI=1S/C13H13NS/c1-9-8-12-13(15-9)7-6-10-4-2-3-5-11(10)14-12/h2-5,8,14H,6-7H2,1H3. The Hall–Kier alpha value is -1.28. The fourth-order valence-corrected chi connectivity index (χ4v) is 3.10. The third-order valence-electron chi connectivity index (χ3n) is 2.84. The molecule has 0 fully saturated rings. The lowest BCUT2D eigenvalue weighted by molar-refractivity contribution is 0.997. The van der Waals surface area contributed by atoms with Crippen molar-refractivity contribution >= 4 is 22.7 Å². The van der Waals surface area contributed by atoms with Crippen molar-refractivity contribution in [1.82, 2.24) is 0 Å². The van der Waals surface area contributed by atoms with Gasteiger partial charge in [-0.25, -0.2) is 0 Å². The van der Waals surface area contributed by atoms with E-state index in [0.29, 0.717) is 0 Å². The number of anilines is 2. The second kappa shape index (κ2) is 3.38. The summed E-state index contributed by atoms with van der Waals surface area (Å²) in [4.78, 5) is 2.88. The molecule has 0 spiro atoms. The largest absolute Gasteiger partial charge is 0.354 e. The molecule has 0 saturated heterocycles. The number of fused-ring (bicyclic) bond motifs is 2. The molecular formula is C13H13NS. The molecule has 0 aliphatic carbocycles. The number of thiophene rings is 1. The fraction of sp³-hybridized carbons (Fsp3) is 0.231. The van der Waals surface area contributed by atoms with E-state index in [2.05, 4.69) is 42.6 Å². The summed E-state index contributed by atoms with van der Waals surface area (Å²) >= 11 is 1.91. The smallest absolute Gasteiger partial charge is 0.0528 e. The van der Waals surface area contributed by atoms with Crippen molar-refractivity contribution in [3.8, 4) is 0 Å². The van der Waals surface area contributed by atoms with Crippen molar-refractivity contribution in [3.05, 3.63) is 45.6 Å². The summed E-state index contributed by atoms with van der Waals surface area (Å²) in [6.07, 6.45) is 2.31. The van der Waals surface area contributed by atoms with E-state index >= 15 is 0 Å². The molecule has 0 atom stereocenters. The number of nitrogens with one attached hydrogen (secondary N) is 1. The highest BCUT2D eigenvalue weighted by molar-refractivity contribution is 7.12. The van der Waals surface area contributed by atoms with E-state index in [9.17, 15) is 0 Å². The van der Waals surface area contributed by atoms with Crippen LogP contribution in [0.15, 0.2) is 30.3 Å². The van der Waals surface area contributed by atoms with Crippen molar-refractivity contribution in [1.29, 1.82) is 0 Å². The second-order valence-electron chi connectivity index (χ2n) is 3.98. The van der Waals surface area contributed by atoms with Crippen molar-refractivity contribution < 1.29 is 0 Å². The number of para-hydroxylation sites is 1. The lowest BCUT2D eigenvalue weighted by Crippen LogP contribution is -1.91. The Kier molecular flexibility index (Phi) is 2.03. The first-order valence-electron chi connectivity index (χ1n) is 5.27. The molecule has 0 radical (unpaired) electrons. The van der Waals surface area contributed by atoms with E-state index in [1.807, 2.05) is 11.3 Å². The third kappa shape index (κ3) is 1.55. The second-order valence-corrected chi connectivity index (χ2v) is 5.32. The minimum atomic E-state index is 1.15. The monoisotopic (exact) mass is 215 g/mol. The highest BCUT2D eigenvalue weighted by Gasteiger charge is 2.13. The molecule has 0 amide bonds. The average Bonchev–Trinajstić information content (AvgIpc) is 2.49. The molecule has 0 saturated carbocycles. The number of aryl methyl sites for hydroxylation is 3. The van der Waals surface area contributed by atoms with Crippen LogP contribution in [0.1, 0.15) is 15.3 Å². The van der Waals surface area contributed by atoms with Crippen LogP contribution < -0.4 is 5.32 Å². The van der Waals surface area contributed by atoms with Gasteiger partial charge in [-0.3, -0.25) is 0 Å². The maximum Gasteiger partial charge on any atom is 0.0528 e. The molecule has 0 unspecified atom stereocenters. The Balaban J connectivity index is 2.08. The number of hydrogen-bond donors (Lipinski definition) is 1. The molecule has 1 aliphatic heterocycles. The Bertz CT molecular complexity index is 499. The predicted octanol–water partition coefficient (Wildman–Crippen LogP) is 3.90. The Morgan fingerprint density at radius 2 is 2.00 bits per heavy atom. The Morgan fingerprint density at radius 3 is 2.93 bits per heavy atom. The molecule has 3 rings (SSSR count). The van der Waals surface area contributed by atoms with Gasteiger partial charge in [0.1, 0.15) is 0 Å². The molecule has 15 heavy (non-hydrogen) atoms. The molecule has 0 bridgehead atoms. The first kappa shape index (κ1) is 8.98. The lowest BCUT2D eigenvalue weighted by Gasteiger charge is -2.06. The van der Waals surface area contributed by atoms with Crippen molar-refractivity contribution in [3.63, 3.8) is 0 Å². The third-order valence-corrected chi connectivity index (χ3v) is 3.95. The maximum absolute atomic E-state index is 3.53. The van der Waals surface area contributed by atoms with Gasteiger partial charge < -0.3 is 5.32 Å². The molecule has 1 nitrogen and oxygen atoms in total. The summed E-state index contributed by atoms with van der Waals surface area (Å²) in [5.41, 5.74) is 4.01.